The van der Waals surface area contributed by atoms with Crippen LogP contribution < -0.4 is 26.3 Å². The maximum Gasteiger partial charge on any atom is 0.337 e. The SMILES string of the molecule is COC(=O)c1ccc(CN(c2ccc(F)cn2)c2ccn(C)n2)cc1.Cn1ccc(N(Cc2ccc(C(=O)NO)cc2)c2ccc(F)cn2)n1.Cn1ccc(N)n1.Cn1ccc(Nc2ccc(F)cn2)n1.Fc1ccc(Br)nc1.O. The van der Waals surface area contributed by atoms with Crippen LogP contribution in [0.25, 0.3) is 0 Å². The van der Waals surface area contributed by atoms with Gasteiger partial charge in [-0.2, -0.15) is 20.4 Å². The minimum atomic E-state index is -0.576. The number of nitrogens with two attached hydrogens (primary N) is 1. The fourth-order valence-electron chi connectivity index (χ4n) is 6.62. The van der Waals surface area contributed by atoms with Gasteiger partial charge in [-0.05, 0) is 106 Å². The molecule has 416 valence electrons. The highest BCUT2D eigenvalue weighted by Gasteiger charge is 2.17. The molecule has 0 radical (unpaired) electrons. The van der Waals surface area contributed by atoms with Crippen molar-refractivity contribution >= 4 is 68.5 Å². The Morgan fingerprint density at radius 1 is 0.537 bits per heavy atom. The van der Waals surface area contributed by atoms with Crippen molar-refractivity contribution in [2.75, 3.05) is 28.0 Å². The van der Waals surface area contributed by atoms with Gasteiger partial charge >= 0.3 is 5.97 Å². The number of esters is 1. The Balaban J connectivity index is 0.000000198. The zero-order valence-electron chi connectivity index (χ0n) is 43.5. The van der Waals surface area contributed by atoms with E-state index in [4.69, 9.17) is 15.7 Å². The molecule has 0 spiro atoms. The fourth-order valence-corrected chi connectivity index (χ4v) is 6.85. The van der Waals surface area contributed by atoms with E-state index in [2.05, 4.69) is 61.6 Å². The molecule has 8 heterocycles. The Bertz CT molecular complexity index is 3270. The van der Waals surface area contributed by atoms with Crippen molar-refractivity contribution < 1.29 is 42.6 Å². The number of hydrogen-bond donors (Lipinski definition) is 4. The molecule has 10 rings (SSSR count). The van der Waals surface area contributed by atoms with E-state index < -0.39 is 17.5 Å². The lowest BCUT2D eigenvalue weighted by atomic mass is 10.1. The maximum atomic E-state index is 13.2. The zero-order valence-corrected chi connectivity index (χ0v) is 45.1. The second kappa shape index (κ2) is 30.2. The molecule has 80 heavy (non-hydrogen) atoms. The van der Waals surface area contributed by atoms with Crippen LogP contribution in [0.1, 0.15) is 31.8 Å². The summed E-state index contributed by atoms with van der Waals surface area (Å²) < 4.78 is 62.9. The van der Waals surface area contributed by atoms with Gasteiger partial charge in [0.25, 0.3) is 5.91 Å². The first-order valence-corrected chi connectivity index (χ1v) is 24.1. The molecule has 2 aromatic carbocycles. The molecule has 0 bridgehead atoms. The van der Waals surface area contributed by atoms with Gasteiger partial charge in [0.1, 0.15) is 51.1 Å². The van der Waals surface area contributed by atoms with E-state index in [0.717, 1.165) is 29.7 Å². The first-order chi connectivity index (χ1) is 37.9. The number of ether oxygens (including phenoxy) is 1. The minimum Gasteiger partial charge on any atom is -0.465 e. The number of nitrogens with one attached hydrogen (secondary N) is 2. The Hall–Kier alpha value is -9.86. The van der Waals surface area contributed by atoms with E-state index in [1.54, 1.807) is 103 Å². The third kappa shape index (κ3) is 19.3. The number of nitrogen functional groups attached to an aromatic ring is 1. The molecule has 0 unspecified atom stereocenters. The number of aryl methyl sites for hydroxylation is 4. The number of nitrogens with zero attached hydrogens (tertiary/aromatic N) is 14. The molecule has 0 saturated carbocycles. The lowest BCUT2D eigenvalue weighted by molar-refractivity contribution is 0.0600. The Morgan fingerprint density at radius 2 is 0.975 bits per heavy atom. The van der Waals surface area contributed by atoms with Crippen LogP contribution >= 0.6 is 15.9 Å². The third-order valence-electron chi connectivity index (χ3n) is 10.4. The molecule has 7 N–H and O–H groups in total. The number of rotatable bonds is 12. The summed E-state index contributed by atoms with van der Waals surface area (Å²) in [6.45, 7) is 0.897. The van der Waals surface area contributed by atoms with Crippen LogP contribution in [0.2, 0.25) is 0 Å². The van der Waals surface area contributed by atoms with Gasteiger partial charge < -0.3 is 31.1 Å². The molecular weight excluding hydrogens is 1110 g/mol. The Morgan fingerprint density at radius 3 is 1.31 bits per heavy atom. The van der Waals surface area contributed by atoms with Crippen molar-refractivity contribution in [3.63, 3.8) is 0 Å². The van der Waals surface area contributed by atoms with Gasteiger partial charge in [0.15, 0.2) is 17.5 Å². The van der Waals surface area contributed by atoms with Crippen LogP contribution in [0.3, 0.4) is 0 Å². The number of pyridine rings is 4. The molecule has 10 aromatic rings. The molecular formula is C53H54BrF4N17O5. The number of aromatic nitrogens is 12. The number of methoxy groups -OCH3 is 1. The number of hydroxylamine groups is 1. The molecule has 22 nitrogen and oxygen atoms in total. The number of hydrogen-bond acceptors (Lipinski definition) is 16. The van der Waals surface area contributed by atoms with Crippen molar-refractivity contribution in [1.29, 1.82) is 0 Å². The fraction of sp³-hybridized carbons (Fsp3) is 0.132. The summed E-state index contributed by atoms with van der Waals surface area (Å²) in [4.78, 5) is 42.4. The molecule has 0 saturated heterocycles. The predicted molar refractivity (Wildman–Crippen MR) is 294 cm³/mol. The number of halogens is 5. The van der Waals surface area contributed by atoms with Gasteiger partial charge in [0.05, 0.1) is 50.6 Å². The second-order valence-corrected chi connectivity index (χ2v) is 17.3. The first kappa shape index (κ1) is 61.0. The highest BCUT2D eigenvalue weighted by molar-refractivity contribution is 9.10. The van der Waals surface area contributed by atoms with Gasteiger partial charge in [-0.1, -0.05) is 24.3 Å². The van der Waals surface area contributed by atoms with Crippen LogP contribution in [0.15, 0.2) is 176 Å². The van der Waals surface area contributed by atoms with Gasteiger partial charge in [0.2, 0.25) is 0 Å². The molecule has 0 aliphatic heterocycles. The largest absolute Gasteiger partial charge is 0.465 e. The summed E-state index contributed by atoms with van der Waals surface area (Å²) in [5.74, 6) is 1.90. The van der Waals surface area contributed by atoms with E-state index in [0.29, 0.717) is 69.5 Å². The van der Waals surface area contributed by atoms with Crippen LogP contribution in [-0.2, 0) is 46.0 Å². The lowest BCUT2D eigenvalue weighted by Gasteiger charge is -2.21. The Labute approximate surface area is 464 Å². The summed E-state index contributed by atoms with van der Waals surface area (Å²) in [5.41, 5.74) is 9.51. The van der Waals surface area contributed by atoms with Gasteiger partial charge in [-0.25, -0.2) is 47.8 Å². The molecule has 1 amide bonds. The van der Waals surface area contributed by atoms with Crippen molar-refractivity contribution in [1.82, 2.24) is 64.5 Å². The summed E-state index contributed by atoms with van der Waals surface area (Å²) in [7, 11) is 8.63. The first-order valence-electron chi connectivity index (χ1n) is 23.3. The summed E-state index contributed by atoms with van der Waals surface area (Å²) in [6, 6.07) is 32.8. The average Bonchev–Trinajstić information content (AvgIpc) is 4.30. The molecule has 0 atom stereocenters. The van der Waals surface area contributed by atoms with Gasteiger partial charge in [-0.15, -0.1) is 0 Å². The zero-order chi connectivity index (χ0) is 56.8. The van der Waals surface area contributed by atoms with Crippen LogP contribution in [0, 0.1) is 23.3 Å². The van der Waals surface area contributed by atoms with Crippen molar-refractivity contribution in [2.45, 2.75) is 13.1 Å². The molecule has 8 aromatic heterocycles. The van der Waals surface area contributed by atoms with Gasteiger partial charge in [0, 0.05) is 76.7 Å². The minimum absolute atomic E-state index is 0. The van der Waals surface area contributed by atoms with Crippen LogP contribution in [-0.4, -0.2) is 88.7 Å². The number of carbonyl (C=O) groups excluding carboxylic acids is 2. The number of amides is 1. The number of carbonyl (C=O) groups is 2. The predicted octanol–water partition coefficient (Wildman–Crippen LogP) is 8.35. The standard InChI is InChI=1S/C18H17FN4O2.C17H16FN5O2.C9H9FN4.C5H3BrFN.C4H7N3.H2O/c1-22-10-9-17(21-22)23(16-8-7-15(19)11-20-16)12-13-3-5-14(6-4-13)18(24)25-2;1-22-9-8-16(20-22)23(15-7-6-14(18)10-19-15)11-12-2-4-13(5-3-12)17(24)21-25;1-14-5-4-9(13-14)12-8-3-2-7(10)6-11-8;6-5-2-1-4(7)3-8-5;1-7-3-2-4(5)6-7;/h3-11H,12H2,1-2H3;2-10,25H,11H2,1H3,(H,21,24);2-6H,1H3,(H,11,12,13);1-3H;2-3H,1H3,(H2,5,6);1H2. The second-order valence-electron chi connectivity index (χ2n) is 16.4. The lowest BCUT2D eigenvalue weighted by Crippen LogP contribution is -2.20. The third-order valence-corrected chi connectivity index (χ3v) is 10.9. The summed E-state index contributed by atoms with van der Waals surface area (Å²) in [6.07, 6.45) is 11.9. The van der Waals surface area contributed by atoms with Crippen molar-refractivity contribution in [3.05, 3.63) is 221 Å². The highest BCUT2D eigenvalue weighted by Crippen LogP contribution is 2.26. The highest BCUT2D eigenvalue weighted by atomic mass is 79.9. The number of anilines is 7. The van der Waals surface area contributed by atoms with Crippen LogP contribution in [0.4, 0.5) is 58.3 Å². The quantitative estimate of drug-likeness (QED) is 0.0294. The van der Waals surface area contributed by atoms with Crippen molar-refractivity contribution in [3.8, 4) is 0 Å². The molecule has 0 fully saturated rings. The van der Waals surface area contributed by atoms with Crippen molar-refractivity contribution in [2.24, 2.45) is 28.2 Å². The smallest absolute Gasteiger partial charge is 0.337 e. The average molecular weight is 1170 g/mol. The summed E-state index contributed by atoms with van der Waals surface area (Å²) in [5, 5.41) is 28.3. The summed E-state index contributed by atoms with van der Waals surface area (Å²) >= 11 is 3.07. The Kier molecular flexibility index (Phi) is 23.0. The van der Waals surface area contributed by atoms with E-state index in [9.17, 15) is 27.2 Å². The maximum absolute atomic E-state index is 13.2. The molecule has 0 aliphatic carbocycles. The van der Waals surface area contributed by atoms with E-state index in [1.807, 2.05) is 80.7 Å². The normalized spacial score (nSPS) is 10.1. The van der Waals surface area contributed by atoms with E-state index in [-0.39, 0.29) is 23.1 Å². The monoisotopic (exact) mass is 1160 g/mol. The molecule has 27 heteroatoms. The molecule has 0 aliphatic rings. The number of benzene rings is 2. The van der Waals surface area contributed by atoms with Crippen LogP contribution in [0.5, 0.6) is 0 Å². The van der Waals surface area contributed by atoms with E-state index in [1.165, 1.54) is 37.6 Å². The van der Waals surface area contributed by atoms with E-state index >= 15 is 0 Å². The van der Waals surface area contributed by atoms with Gasteiger partial charge in [-0.3, -0.25) is 28.7 Å². The topological polar surface area (TPSA) is 275 Å².